The Kier molecular flexibility index (Phi) is 2.03. The Hall–Kier alpha value is -0.170. The number of nitrogens with two attached hydrogens (primary N) is 1. The van der Waals surface area contributed by atoms with Gasteiger partial charge in [-0.05, 0) is 13.8 Å². The molecule has 0 aromatic carbocycles. The first kappa shape index (κ1) is 5.83. The van der Waals surface area contributed by atoms with Crippen molar-refractivity contribution in [1.29, 1.82) is 0 Å². The van der Waals surface area contributed by atoms with Crippen LogP contribution >= 0.6 is 11.6 Å². The Morgan fingerprint density at radius 3 is 1.67 bits per heavy atom. The van der Waals surface area contributed by atoms with Gasteiger partial charge in [-0.15, -0.1) is 0 Å². The van der Waals surface area contributed by atoms with Crippen LogP contribution in [0.15, 0.2) is 10.7 Å². The third-order valence-corrected chi connectivity index (χ3v) is 0.841. The normalized spacial score (nSPS) is 13.8. The van der Waals surface area contributed by atoms with Crippen molar-refractivity contribution < 1.29 is 0 Å². The molecule has 2 heteroatoms. The molecule has 0 heterocycles. The van der Waals surface area contributed by atoms with Crippen molar-refractivity contribution >= 4 is 11.6 Å². The lowest BCUT2D eigenvalue weighted by molar-refractivity contribution is 1.27. The fraction of sp³-hybridized carbons (Fsp3) is 0.500. The molecule has 0 saturated carbocycles. The highest BCUT2D eigenvalue weighted by atomic mass is 35.5. The Bertz CT molecular complexity index is 57.6. The summed E-state index contributed by atoms with van der Waals surface area (Å²) in [5, 5.41) is 0.676. The lowest BCUT2D eigenvalue weighted by Gasteiger charge is -1.86. The number of allylic oxidation sites excluding steroid dienone is 2. The second kappa shape index (κ2) is 2.08. The van der Waals surface area contributed by atoms with Gasteiger partial charge in [-0.2, -0.15) is 0 Å². The lowest BCUT2D eigenvalue weighted by atomic mass is 10.5. The smallest absolute Gasteiger partial charge is 0.0334 e. The predicted octanol–water partition coefficient (Wildman–Crippen LogP) is 1.44. The van der Waals surface area contributed by atoms with Crippen molar-refractivity contribution in [2.24, 2.45) is 5.73 Å². The monoisotopic (exact) mass is 105 g/mol. The molecular formula is C4H8ClN. The minimum absolute atomic E-state index is 0.676. The molecule has 0 aliphatic rings. The Morgan fingerprint density at radius 1 is 1.50 bits per heavy atom. The van der Waals surface area contributed by atoms with E-state index in [1.165, 1.54) is 0 Å². The van der Waals surface area contributed by atoms with E-state index in [9.17, 15) is 0 Å². The van der Waals surface area contributed by atoms with Crippen molar-refractivity contribution in [3.63, 3.8) is 0 Å². The van der Waals surface area contributed by atoms with Crippen LogP contribution in [-0.4, -0.2) is 0 Å². The summed E-state index contributed by atoms with van der Waals surface area (Å²) < 4.78 is 0. The maximum atomic E-state index is 5.37. The molecule has 0 aliphatic heterocycles. The predicted molar refractivity (Wildman–Crippen MR) is 28.4 cm³/mol. The SMILES string of the molecule is C/C(N)=C(\C)Cl. The van der Waals surface area contributed by atoms with E-state index in [1.807, 2.05) is 0 Å². The molecule has 0 amide bonds. The molecule has 1 nitrogen and oxygen atoms in total. The van der Waals surface area contributed by atoms with E-state index in [0.717, 1.165) is 0 Å². The van der Waals surface area contributed by atoms with Crippen LogP contribution in [0.25, 0.3) is 0 Å². The quantitative estimate of drug-likeness (QED) is 0.496. The summed E-state index contributed by atoms with van der Waals surface area (Å²) in [6.07, 6.45) is 0. The highest BCUT2D eigenvalue weighted by molar-refractivity contribution is 6.29. The Labute approximate surface area is 42.8 Å². The third-order valence-electron chi connectivity index (χ3n) is 0.543. The summed E-state index contributed by atoms with van der Waals surface area (Å²) in [5.41, 5.74) is 5.87. The van der Waals surface area contributed by atoms with Crippen LogP contribution < -0.4 is 5.73 Å². The topological polar surface area (TPSA) is 26.0 Å². The van der Waals surface area contributed by atoms with Crippen LogP contribution in [0.4, 0.5) is 0 Å². The van der Waals surface area contributed by atoms with Crippen LogP contribution in [0.1, 0.15) is 13.8 Å². The first-order valence-electron chi connectivity index (χ1n) is 1.73. The van der Waals surface area contributed by atoms with Gasteiger partial charge in [0.2, 0.25) is 0 Å². The molecule has 6 heavy (non-hydrogen) atoms. The first-order valence-corrected chi connectivity index (χ1v) is 2.11. The lowest BCUT2D eigenvalue weighted by Crippen LogP contribution is -1.90. The van der Waals surface area contributed by atoms with Crippen LogP contribution in [0.2, 0.25) is 0 Å². The van der Waals surface area contributed by atoms with Crippen molar-refractivity contribution in [3.05, 3.63) is 10.7 Å². The van der Waals surface area contributed by atoms with Gasteiger partial charge in [-0.1, -0.05) is 11.6 Å². The van der Waals surface area contributed by atoms with E-state index in [-0.39, 0.29) is 0 Å². The molecule has 0 radical (unpaired) electrons. The molecule has 0 spiro atoms. The molecule has 0 fully saturated rings. The van der Waals surface area contributed by atoms with E-state index in [0.29, 0.717) is 10.7 Å². The van der Waals surface area contributed by atoms with E-state index >= 15 is 0 Å². The molecule has 2 N–H and O–H groups in total. The van der Waals surface area contributed by atoms with Gasteiger partial charge in [0.15, 0.2) is 0 Å². The van der Waals surface area contributed by atoms with Crippen LogP contribution in [-0.2, 0) is 0 Å². The Balaban J connectivity index is 3.68. The molecule has 0 atom stereocenters. The maximum absolute atomic E-state index is 5.37. The molecule has 0 aliphatic carbocycles. The zero-order valence-electron chi connectivity index (χ0n) is 3.96. The van der Waals surface area contributed by atoms with Gasteiger partial charge in [0.1, 0.15) is 0 Å². The molecular weight excluding hydrogens is 97.5 g/mol. The number of halogens is 1. The van der Waals surface area contributed by atoms with E-state index in [1.54, 1.807) is 13.8 Å². The molecule has 0 aromatic heterocycles. The largest absolute Gasteiger partial charge is 0.401 e. The fourth-order valence-electron chi connectivity index (χ4n) is 0. The number of hydrogen-bond donors (Lipinski definition) is 1. The molecule has 0 unspecified atom stereocenters. The summed E-state index contributed by atoms with van der Waals surface area (Å²) in [4.78, 5) is 0. The van der Waals surface area contributed by atoms with E-state index in [2.05, 4.69) is 0 Å². The standard InChI is InChI=1S/C4H8ClN/c1-3(5)4(2)6/h6H2,1-2H3/b4-3-. The highest BCUT2D eigenvalue weighted by Crippen LogP contribution is 1.99. The minimum Gasteiger partial charge on any atom is -0.401 e. The average molecular weight is 106 g/mol. The van der Waals surface area contributed by atoms with Crippen LogP contribution in [0.3, 0.4) is 0 Å². The summed E-state index contributed by atoms with van der Waals surface area (Å²) in [7, 11) is 0. The van der Waals surface area contributed by atoms with E-state index in [4.69, 9.17) is 17.3 Å². The molecule has 36 valence electrons. The van der Waals surface area contributed by atoms with Gasteiger partial charge < -0.3 is 5.73 Å². The second-order valence-electron chi connectivity index (χ2n) is 1.22. The van der Waals surface area contributed by atoms with Gasteiger partial charge in [-0.3, -0.25) is 0 Å². The van der Waals surface area contributed by atoms with E-state index < -0.39 is 0 Å². The van der Waals surface area contributed by atoms with Gasteiger partial charge in [-0.25, -0.2) is 0 Å². The number of hydrogen-bond acceptors (Lipinski definition) is 1. The highest BCUT2D eigenvalue weighted by Gasteiger charge is 1.79. The van der Waals surface area contributed by atoms with Crippen molar-refractivity contribution in [2.75, 3.05) is 0 Å². The molecule has 0 bridgehead atoms. The average Bonchev–Trinajstić information content (AvgIpc) is 1.36. The molecule has 0 rings (SSSR count). The van der Waals surface area contributed by atoms with Gasteiger partial charge in [0.05, 0.1) is 0 Å². The zero-order valence-corrected chi connectivity index (χ0v) is 4.71. The number of rotatable bonds is 0. The summed E-state index contributed by atoms with van der Waals surface area (Å²) in [5.74, 6) is 0. The molecule has 0 saturated heterocycles. The van der Waals surface area contributed by atoms with Crippen molar-refractivity contribution in [3.8, 4) is 0 Å². The fourth-order valence-corrected chi connectivity index (χ4v) is 0. The van der Waals surface area contributed by atoms with Crippen LogP contribution in [0.5, 0.6) is 0 Å². The van der Waals surface area contributed by atoms with Crippen LogP contribution in [0, 0.1) is 0 Å². The second-order valence-corrected chi connectivity index (χ2v) is 1.78. The summed E-state index contributed by atoms with van der Waals surface area (Å²) in [6.45, 7) is 3.53. The minimum atomic E-state index is 0.676. The van der Waals surface area contributed by atoms with Gasteiger partial charge >= 0.3 is 0 Å². The third kappa shape index (κ3) is 2.09. The summed E-state index contributed by atoms with van der Waals surface area (Å²) >= 11 is 5.37. The van der Waals surface area contributed by atoms with Crippen molar-refractivity contribution in [2.45, 2.75) is 13.8 Å². The maximum Gasteiger partial charge on any atom is 0.0334 e. The first-order chi connectivity index (χ1) is 2.64. The van der Waals surface area contributed by atoms with Gasteiger partial charge in [0, 0.05) is 10.7 Å². The Morgan fingerprint density at radius 2 is 1.67 bits per heavy atom. The van der Waals surface area contributed by atoms with Crippen molar-refractivity contribution in [1.82, 2.24) is 0 Å². The summed E-state index contributed by atoms with van der Waals surface area (Å²) in [6, 6.07) is 0. The zero-order chi connectivity index (χ0) is 5.15. The molecule has 0 aromatic rings. The van der Waals surface area contributed by atoms with Gasteiger partial charge in [0.25, 0.3) is 0 Å².